The number of carbonyl (C=O) groups is 1. The SMILES string of the molecule is O=C(N[C@H]1c2ccccc2C[C@H]1O)C1CCCc2[nH]ncc21. The number of H-pyrrole nitrogens is 1. The number of aromatic nitrogens is 2. The van der Waals surface area contributed by atoms with Gasteiger partial charge in [0.15, 0.2) is 0 Å². The van der Waals surface area contributed by atoms with Crippen LogP contribution in [0.1, 0.15) is 47.2 Å². The molecule has 1 unspecified atom stereocenters. The third-order valence-corrected chi connectivity index (χ3v) is 4.86. The Morgan fingerprint density at radius 1 is 1.32 bits per heavy atom. The summed E-state index contributed by atoms with van der Waals surface area (Å²) >= 11 is 0. The zero-order valence-electron chi connectivity index (χ0n) is 12.2. The maximum atomic E-state index is 12.7. The van der Waals surface area contributed by atoms with Gasteiger partial charge >= 0.3 is 0 Å². The third kappa shape index (κ3) is 2.13. The van der Waals surface area contributed by atoms with Gasteiger partial charge in [0, 0.05) is 17.7 Å². The average Bonchev–Trinajstić information content (AvgIpc) is 3.12. The molecule has 2 aromatic rings. The zero-order valence-corrected chi connectivity index (χ0v) is 12.2. The first-order chi connectivity index (χ1) is 10.7. The van der Waals surface area contributed by atoms with Gasteiger partial charge < -0.3 is 10.4 Å². The number of hydrogen-bond acceptors (Lipinski definition) is 3. The van der Waals surface area contributed by atoms with Crippen molar-refractivity contribution in [2.75, 3.05) is 0 Å². The van der Waals surface area contributed by atoms with Gasteiger partial charge in [-0.25, -0.2) is 0 Å². The number of hydrogen-bond donors (Lipinski definition) is 3. The predicted molar refractivity (Wildman–Crippen MR) is 81.3 cm³/mol. The minimum Gasteiger partial charge on any atom is -0.390 e. The molecule has 0 bridgehead atoms. The molecule has 5 heteroatoms. The standard InChI is InChI=1S/C17H19N3O2/c21-15-8-10-4-1-2-5-11(10)16(15)19-17(22)12-6-3-7-14-13(12)9-18-20-14/h1-2,4-5,9,12,15-16,21H,3,6-8H2,(H,18,20)(H,19,22)/t12?,15-,16+/m1/s1. The van der Waals surface area contributed by atoms with Crippen LogP contribution in [-0.2, 0) is 17.6 Å². The van der Waals surface area contributed by atoms with Crippen LogP contribution in [0.4, 0.5) is 0 Å². The van der Waals surface area contributed by atoms with Crippen molar-refractivity contribution in [3.05, 3.63) is 52.8 Å². The van der Waals surface area contributed by atoms with E-state index in [1.54, 1.807) is 6.20 Å². The van der Waals surface area contributed by atoms with E-state index in [1.807, 2.05) is 24.3 Å². The number of aliphatic hydroxyl groups excluding tert-OH is 1. The summed E-state index contributed by atoms with van der Waals surface area (Å²) in [5, 5.41) is 20.4. The van der Waals surface area contributed by atoms with Crippen LogP contribution >= 0.6 is 0 Å². The molecule has 4 rings (SSSR count). The fraction of sp³-hybridized carbons (Fsp3) is 0.412. The predicted octanol–water partition coefficient (Wildman–Crippen LogP) is 1.60. The number of nitrogens with zero attached hydrogens (tertiary/aromatic N) is 1. The van der Waals surface area contributed by atoms with E-state index < -0.39 is 6.10 Å². The molecule has 2 aliphatic carbocycles. The van der Waals surface area contributed by atoms with Gasteiger partial charge in [0.25, 0.3) is 0 Å². The minimum atomic E-state index is -0.547. The van der Waals surface area contributed by atoms with E-state index in [0.717, 1.165) is 41.6 Å². The molecule has 3 atom stereocenters. The van der Waals surface area contributed by atoms with E-state index in [4.69, 9.17) is 0 Å². The van der Waals surface area contributed by atoms with E-state index in [2.05, 4.69) is 15.5 Å². The number of carbonyl (C=O) groups excluding carboxylic acids is 1. The van der Waals surface area contributed by atoms with Crippen LogP contribution in [0, 0.1) is 0 Å². The molecule has 5 nitrogen and oxygen atoms in total. The van der Waals surface area contributed by atoms with Crippen molar-refractivity contribution in [2.24, 2.45) is 0 Å². The monoisotopic (exact) mass is 297 g/mol. The Labute approximate surface area is 128 Å². The maximum absolute atomic E-state index is 12.7. The fourth-order valence-corrected chi connectivity index (χ4v) is 3.74. The molecule has 0 saturated carbocycles. The molecule has 1 aromatic heterocycles. The molecule has 0 fully saturated rings. The van der Waals surface area contributed by atoms with Crippen LogP contribution in [0.25, 0.3) is 0 Å². The molecule has 2 aliphatic rings. The first-order valence-electron chi connectivity index (χ1n) is 7.82. The Hall–Kier alpha value is -2.14. The van der Waals surface area contributed by atoms with Crippen LogP contribution in [0.15, 0.2) is 30.5 Å². The molecule has 1 heterocycles. The van der Waals surface area contributed by atoms with E-state index in [0.29, 0.717) is 6.42 Å². The number of benzene rings is 1. The molecular formula is C17H19N3O2. The van der Waals surface area contributed by atoms with Crippen LogP contribution in [0.5, 0.6) is 0 Å². The second-order valence-electron chi connectivity index (χ2n) is 6.21. The van der Waals surface area contributed by atoms with Crippen molar-refractivity contribution in [1.82, 2.24) is 15.5 Å². The molecule has 1 aromatic carbocycles. The summed E-state index contributed by atoms with van der Waals surface area (Å²) in [7, 11) is 0. The van der Waals surface area contributed by atoms with Crippen molar-refractivity contribution in [2.45, 2.75) is 43.7 Å². The molecule has 0 spiro atoms. The molecule has 1 amide bonds. The van der Waals surface area contributed by atoms with Gasteiger partial charge in [-0.2, -0.15) is 5.10 Å². The second kappa shape index (κ2) is 5.25. The number of nitrogens with one attached hydrogen (secondary N) is 2. The average molecular weight is 297 g/mol. The molecule has 3 N–H and O–H groups in total. The first-order valence-corrected chi connectivity index (χ1v) is 7.82. The topological polar surface area (TPSA) is 78.0 Å². The van der Waals surface area contributed by atoms with E-state index in [1.165, 1.54) is 0 Å². The zero-order chi connectivity index (χ0) is 15.1. The highest BCUT2D eigenvalue weighted by Gasteiger charge is 2.35. The smallest absolute Gasteiger partial charge is 0.228 e. The van der Waals surface area contributed by atoms with Crippen molar-refractivity contribution < 1.29 is 9.90 Å². The van der Waals surface area contributed by atoms with E-state index in [-0.39, 0.29) is 17.9 Å². The van der Waals surface area contributed by atoms with Crippen molar-refractivity contribution >= 4 is 5.91 Å². The lowest BCUT2D eigenvalue weighted by Gasteiger charge is -2.25. The summed E-state index contributed by atoms with van der Waals surface area (Å²) in [5.41, 5.74) is 4.22. The number of fused-ring (bicyclic) bond motifs is 2. The summed E-state index contributed by atoms with van der Waals surface area (Å²) in [6.45, 7) is 0. The maximum Gasteiger partial charge on any atom is 0.228 e. The third-order valence-electron chi connectivity index (χ3n) is 4.86. The molecule has 0 aliphatic heterocycles. The van der Waals surface area contributed by atoms with Crippen molar-refractivity contribution in [3.63, 3.8) is 0 Å². The molecule has 0 saturated heterocycles. The van der Waals surface area contributed by atoms with Gasteiger partial charge in [0.2, 0.25) is 5.91 Å². The number of aliphatic hydroxyl groups is 1. The van der Waals surface area contributed by atoms with Crippen LogP contribution in [-0.4, -0.2) is 27.3 Å². The van der Waals surface area contributed by atoms with Crippen molar-refractivity contribution in [1.29, 1.82) is 0 Å². The van der Waals surface area contributed by atoms with Crippen LogP contribution in [0.2, 0.25) is 0 Å². The Morgan fingerprint density at radius 2 is 2.18 bits per heavy atom. The van der Waals surface area contributed by atoms with Gasteiger partial charge in [-0.1, -0.05) is 24.3 Å². The molecular weight excluding hydrogens is 278 g/mol. The molecule has 114 valence electrons. The number of aromatic amines is 1. The Kier molecular flexibility index (Phi) is 3.22. The van der Waals surface area contributed by atoms with Crippen LogP contribution in [0.3, 0.4) is 0 Å². The van der Waals surface area contributed by atoms with E-state index >= 15 is 0 Å². The quantitative estimate of drug-likeness (QED) is 0.788. The lowest BCUT2D eigenvalue weighted by Crippen LogP contribution is -2.37. The van der Waals surface area contributed by atoms with Crippen LogP contribution < -0.4 is 5.32 Å². The Bertz CT molecular complexity index is 709. The lowest BCUT2D eigenvalue weighted by atomic mass is 9.86. The summed E-state index contributed by atoms with van der Waals surface area (Å²) in [5.74, 6) is -0.175. The molecule has 22 heavy (non-hydrogen) atoms. The van der Waals surface area contributed by atoms with Crippen molar-refractivity contribution in [3.8, 4) is 0 Å². The normalized spacial score (nSPS) is 26.3. The summed E-state index contributed by atoms with van der Waals surface area (Å²) in [6, 6.07) is 7.61. The summed E-state index contributed by atoms with van der Waals surface area (Å²) in [4.78, 5) is 12.7. The number of rotatable bonds is 2. The summed E-state index contributed by atoms with van der Waals surface area (Å²) in [6.07, 6.45) is 4.59. The highest BCUT2D eigenvalue weighted by atomic mass is 16.3. The van der Waals surface area contributed by atoms with Gasteiger partial charge in [0.1, 0.15) is 0 Å². The second-order valence-corrected chi connectivity index (χ2v) is 6.21. The highest BCUT2D eigenvalue weighted by molar-refractivity contribution is 5.84. The minimum absolute atomic E-state index is 0.0110. The van der Waals surface area contributed by atoms with E-state index in [9.17, 15) is 9.90 Å². The molecule has 0 radical (unpaired) electrons. The largest absolute Gasteiger partial charge is 0.390 e. The fourth-order valence-electron chi connectivity index (χ4n) is 3.74. The van der Waals surface area contributed by atoms with Gasteiger partial charge in [-0.15, -0.1) is 0 Å². The Morgan fingerprint density at radius 3 is 3.09 bits per heavy atom. The highest BCUT2D eigenvalue weighted by Crippen LogP contribution is 2.34. The number of aryl methyl sites for hydroxylation is 1. The Balaban J connectivity index is 1.56. The number of amides is 1. The van der Waals surface area contributed by atoms with Gasteiger partial charge in [-0.3, -0.25) is 9.89 Å². The lowest BCUT2D eigenvalue weighted by molar-refractivity contribution is -0.124. The summed E-state index contributed by atoms with van der Waals surface area (Å²) < 4.78 is 0. The first kappa shape index (κ1) is 13.5. The van der Waals surface area contributed by atoms with Gasteiger partial charge in [0.05, 0.1) is 24.3 Å². The van der Waals surface area contributed by atoms with Gasteiger partial charge in [-0.05, 0) is 30.4 Å².